The van der Waals surface area contributed by atoms with E-state index < -0.39 is 16.6 Å². The Morgan fingerprint density at radius 2 is 2.06 bits per heavy atom. The molecular formula is C11H11FN2O3S. The van der Waals surface area contributed by atoms with Crippen molar-refractivity contribution < 1.29 is 14.1 Å². The normalized spacial score (nSPS) is 15.5. The summed E-state index contributed by atoms with van der Waals surface area (Å²) >= 11 is 1.72. The summed E-state index contributed by atoms with van der Waals surface area (Å²) in [5, 5.41) is 10.8. The van der Waals surface area contributed by atoms with Crippen LogP contribution in [0, 0.1) is 15.9 Å². The summed E-state index contributed by atoms with van der Waals surface area (Å²) < 4.78 is 13.1. The number of thioether (sulfide) groups is 1. The number of hydrogen-bond donors (Lipinski definition) is 0. The van der Waals surface area contributed by atoms with Gasteiger partial charge in [-0.1, -0.05) is 0 Å². The molecule has 1 aromatic carbocycles. The molecule has 1 fully saturated rings. The van der Waals surface area contributed by atoms with Gasteiger partial charge in [0.05, 0.1) is 4.92 Å². The molecule has 0 spiro atoms. The number of carbonyl (C=O) groups excluding carboxylic acids is 1. The molecule has 1 amide bonds. The predicted octanol–water partition coefficient (Wildman–Crippen LogP) is 1.92. The van der Waals surface area contributed by atoms with Gasteiger partial charge < -0.3 is 4.90 Å². The minimum atomic E-state index is -0.661. The number of amides is 1. The average molecular weight is 270 g/mol. The highest BCUT2D eigenvalue weighted by molar-refractivity contribution is 7.99. The van der Waals surface area contributed by atoms with Gasteiger partial charge in [-0.25, -0.2) is 4.39 Å². The largest absolute Gasteiger partial charge is 0.337 e. The van der Waals surface area contributed by atoms with E-state index in [4.69, 9.17) is 0 Å². The lowest BCUT2D eigenvalue weighted by Gasteiger charge is -2.26. The Morgan fingerprint density at radius 1 is 1.39 bits per heavy atom. The molecule has 0 bridgehead atoms. The fourth-order valence-corrected chi connectivity index (χ4v) is 2.68. The minimum absolute atomic E-state index is 0.174. The van der Waals surface area contributed by atoms with Crippen LogP contribution in [0.25, 0.3) is 0 Å². The summed E-state index contributed by atoms with van der Waals surface area (Å²) in [6.45, 7) is 1.08. The number of rotatable bonds is 2. The van der Waals surface area contributed by atoms with Crippen molar-refractivity contribution >= 4 is 23.4 Å². The van der Waals surface area contributed by atoms with Crippen LogP contribution in [0.15, 0.2) is 18.2 Å². The molecule has 1 heterocycles. The Hall–Kier alpha value is -1.63. The van der Waals surface area contributed by atoms with Crippen molar-refractivity contribution in [1.82, 2.24) is 4.90 Å². The summed E-state index contributed by atoms with van der Waals surface area (Å²) in [5.74, 6) is 0.487. The van der Waals surface area contributed by atoms with Crippen molar-refractivity contribution in [3.63, 3.8) is 0 Å². The first-order valence-electron chi connectivity index (χ1n) is 5.40. The van der Waals surface area contributed by atoms with Gasteiger partial charge in [0.2, 0.25) is 0 Å². The van der Waals surface area contributed by atoms with E-state index in [2.05, 4.69) is 0 Å². The molecule has 0 unspecified atom stereocenters. The van der Waals surface area contributed by atoms with Crippen molar-refractivity contribution in [2.45, 2.75) is 0 Å². The monoisotopic (exact) mass is 270 g/mol. The van der Waals surface area contributed by atoms with E-state index >= 15 is 0 Å². The lowest BCUT2D eigenvalue weighted by Crippen LogP contribution is -2.38. The van der Waals surface area contributed by atoms with Gasteiger partial charge in [0.25, 0.3) is 11.6 Å². The van der Waals surface area contributed by atoms with Gasteiger partial charge in [-0.15, -0.1) is 0 Å². The lowest BCUT2D eigenvalue weighted by atomic mass is 10.1. The van der Waals surface area contributed by atoms with Gasteiger partial charge in [0.1, 0.15) is 11.4 Å². The van der Waals surface area contributed by atoms with E-state index in [0.717, 1.165) is 29.7 Å². The summed E-state index contributed by atoms with van der Waals surface area (Å²) in [7, 11) is 0. The molecule has 1 aliphatic rings. The van der Waals surface area contributed by atoms with Crippen LogP contribution in [-0.4, -0.2) is 40.3 Å². The number of halogens is 1. The van der Waals surface area contributed by atoms with Crippen LogP contribution in [0.1, 0.15) is 10.4 Å². The number of nitro benzene ring substituents is 1. The molecule has 1 aliphatic heterocycles. The summed E-state index contributed by atoms with van der Waals surface area (Å²) in [6, 6.07) is 2.95. The van der Waals surface area contributed by atoms with E-state index in [1.54, 1.807) is 11.8 Å². The van der Waals surface area contributed by atoms with Gasteiger partial charge in [-0.05, 0) is 12.1 Å². The van der Waals surface area contributed by atoms with Crippen LogP contribution in [0.3, 0.4) is 0 Å². The smallest absolute Gasteiger partial charge is 0.282 e. The third-order valence-electron chi connectivity index (χ3n) is 2.68. The van der Waals surface area contributed by atoms with Crippen LogP contribution in [-0.2, 0) is 0 Å². The molecule has 0 atom stereocenters. The van der Waals surface area contributed by atoms with Crippen molar-refractivity contribution in [1.29, 1.82) is 0 Å². The highest BCUT2D eigenvalue weighted by atomic mass is 32.2. The second-order valence-corrected chi connectivity index (χ2v) is 5.05. The molecule has 96 valence electrons. The van der Waals surface area contributed by atoms with Crippen molar-refractivity contribution in [3.05, 3.63) is 39.7 Å². The lowest BCUT2D eigenvalue weighted by molar-refractivity contribution is -0.385. The number of hydrogen-bond acceptors (Lipinski definition) is 4. The van der Waals surface area contributed by atoms with Crippen LogP contribution < -0.4 is 0 Å². The van der Waals surface area contributed by atoms with Crippen molar-refractivity contribution in [2.75, 3.05) is 24.6 Å². The number of benzene rings is 1. The summed E-state index contributed by atoms with van der Waals surface area (Å²) in [4.78, 5) is 23.8. The second-order valence-electron chi connectivity index (χ2n) is 3.82. The van der Waals surface area contributed by atoms with Crippen LogP contribution in [0.2, 0.25) is 0 Å². The molecule has 5 nitrogen and oxygen atoms in total. The summed E-state index contributed by atoms with van der Waals surface area (Å²) in [6.07, 6.45) is 0. The first-order chi connectivity index (χ1) is 8.59. The molecule has 0 N–H and O–H groups in total. The molecule has 1 aromatic rings. The maximum absolute atomic E-state index is 13.1. The zero-order chi connectivity index (χ0) is 13.1. The second kappa shape index (κ2) is 5.34. The van der Waals surface area contributed by atoms with E-state index in [-0.39, 0.29) is 11.3 Å². The molecule has 18 heavy (non-hydrogen) atoms. The Labute approximate surface area is 107 Å². The Balaban J connectivity index is 2.33. The SMILES string of the molecule is O=C(c1cc(F)ccc1[N+](=O)[O-])N1CCSCC1. The van der Waals surface area contributed by atoms with Crippen LogP contribution >= 0.6 is 11.8 Å². The van der Waals surface area contributed by atoms with E-state index in [1.165, 1.54) is 4.90 Å². The Morgan fingerprint density at radius 3 is 2.67 bits per heavy atom. The first-order valence-corrected chi connectivity index (χ1v) is 6.56. The third kappa shape index (κ3) is 2.61. The number of nitro groups is 1. The molecule has 0 aliphatic carbocycles. The highest BCUT2D eigenvalue weighted by Gasteiger charge is 2.26. The predicted molar refractivity (Wildman–Crippen MR) is 66.3 cm³/mol. The highest BCUT2D eigenvalue weighted by Crippen LogP contribution is 2.22. The molecule has 2 rings (SSSR count). The minimum Gasteiger partial charge on any atom is -0.337 e. The van der Waals surface area contributed by atoms with Crippen LogP contribution in [0.5, 0.6) is 0 Å². The number of carbonyl (C=O) groups is 1. The van der Waals surface area contributed by atoms with Crippen LogP contribution in [0.4, 0.5) is 10.1 Å². The molecule has 0 aromatic heterocycles. The standard InChI is InChI=1S/C11H11FN2O3S/c12-8-1-2-10(14(16)17)9(7-8)11(15)13-3-5-18-6-4-13/h1-2,7H,3-6H2. The van der Waals surface area contributed by atoms with Crippen molar-refractivity contribution in [3.8, 4) is 0 Å². The van der Waals surface area contributed by atoms with Gasteiger partial charge in [-0.3, -0.25) is 14.9 Å². The topological polar surface area (TPSA) is 63.4 Å². The van der Waals surface area contributed by atoms with E-state index in [0.29, 0.717) is 13.1 Å². The van der Waals surface area contributed by atoms with Gasteiger partial charge in [0.15, 0.2) is 0 Å². The average Bonchev–Trinajstić information content (AvgIpc) is 2.38. The van der Waals surface area contributed by atoms with Gasteiger partial charge in [0, 0.05) is 30.7 Å². The fraction of sp³-hybridized carbons (Fsp3) is 0.364. The maximum atomic E-state index is 13.1. The van der Waals surface area contributed by atoms with E-state index in [1.807, 2.05) is 0 Å². The fourth-order valence-electron chi connectivity index (χ4n) is 1.78. The van der Waals surface area contributed by atoms with Gasteiger partial charge in [-0.2, -0.15) is 11.8 Å². The number of nitrogens with zero attached hydrogens (tertiary/aromatic N) is 2. The molecular weight excluding hydrogens is 259 g/mol. The van der Waals surface area contributed by atoms with E-state index in [9.17, 15) is 19.3 Å². The zero-order valence-corrected chi connectivity index (χ0v) is 10.3. The maximum Gasteiger partial charge on any atom is 0.282 e. The quantitative estimate of drug-likeness (QED) is 0.608. The third-order valence-corrected chi connectivity index (χ3v) is 3.63. The molecule has 1 saturated heterocycles. The zero-order valence-electron chi connectivity index (χ0n) is 9.47. The van der Waals surface area contributed by atoms with Crippen molar-refractivity contribution in [2.24, 2.45) is 0 Å². The Bertz CT molecular complexity index is 489. The molecule has 0 radical (unpaired) electrons. The van der Waals surface area contributed by atoms with Gasteiger partial charge >= 0.3 is 0 Å². The molecule has 0 saturated carbocycles. The first kappa shape index (κ1) is 12.8. The molecule has 7 heteroatoms. The Kier molecular flexibility index (Phi) is 3.81. The summed E-state index contributed by atoms with van der Waals surface area (Å²) in [5.41, 5.74) is -0.522.